The van der Waals surface area contributed by atoms with Crippen LogP contribution in [-0.4, -0.2) is 28.6 Å². The maximum Gasteiger partial charge on any atom is 0.240 e. The van der Waals surface area contributed by atoms with Crippen LogP contribution in [0.2, 0.25) is 0 Å². The summed E-state index contributed by atoms with van der Waals surface area (Å²) in [5, 5.41) is 3.97. The van der Waals surface area contributed by atoms with Crippen molar-refractivity contribution in [1.29, 1.82) is 0 Å². The van der Waals surface area contributed by atoms with Crippen LogP contribution >= 0.6 is 0 Å². The van der Waals surface area contributed by atoms with Crippen LogP contribution in [0.1, 0.15) is 31.2 Å². The second-order valence-corrected chi connectivity index (χ2v) is 4.66. The molecule has 0 atom stereocenters. The Labute approximate surface area is 123 Å². The molecular formula is C15H19N5O. The van der Waals surface area contributed by atoms with Gasteiger partial charge in [0.2, 0.25) is 5.91 Å². The van der Waals surface area contributed by atoms with Gasteiger partial charge in [0.15, 0.2) is 0 Å². The van der Waals surface area contributed by atoms with E-state index in [1.54, 1.807) is 18.6 Å². The third kappa shape index (κ3) is 4.61. The van der Waals surface area contributed by atoms with E-state index in [2.05, 4.69) is 20.5 Å². The van der Waals surface area contributed by atoms with Crippen molar-refractivity contribution in [1.82, 2.24) is 15.4 Å². The summed E-state index contributed by atoms with van der Waals surface area (Å²) in [5.74, 6) is -0.0883. The Balaban J connectivity index is 1.90. The Morgan fingerprint density at radius 3 is 2.95 bits per heavy atom. The Hall–Kier alpha value is -2.34. The van der Waals surface area contributed by atoms with Crippen molar-refractivity contribution in [2.45, 2.75) is 25.7 Å². The number of carbonyl (C=O) groups excluding carboxylic acids is 1. The molecule has 1 aromatic heterocycles. The molecule has 2 aromatic rings. The van der Waals surface area contributed by atoms with E-state index in [1.165, 1.54) is 0 Å². The summed E-state index contributed by atoms with van der Waals surface area (Å²) < 4.78 is 0. The first-order valence-corrected chi connectivity index (χ1v) is 7.03. The number of amides is 1. The van der Waals surface area contributed by atoms with E-state index < -0.39 is 0 Å². The van der Waals surface area contributed by atoms with E-state index in [0.29, 0.717) is 13.0 Å². The molecule has 0 saturated carbocycles. The molecule has 0 radical (unpaired) electrons. The Morgan fingerprint density at radius 2 is 2.10 bits per heavy atom. The fourth-order valence-electron chi connectivity index (χ4n) is 1.96. The second kappa shape index (κ2) is 8.06. The summed E-state index contributed by atoms with van der Waals surface area (Å²) in [6.07, 6.45) is 8.08. The number of hydrogen-bond donors (Lipinski definition) is 2. The van der Waals surface area contributed by atoms with Gasteiger partial charge in [-0.3, -0.25) is 14.8 Å². The second-order valence-electron chi connectivity index (χ2n) is 4.66. The normalized spacial score (nSPS) is 11.1. The lowest BCUT2D eigenvalue weighted by molar-refractivity contribution is -0.121. The van der Waals surface area contributed by atoms with Crippen LogP contribution < -0.4 is 11.2 Å². The topological polar surface area (TPSA) is 93.3 Å². The van der Waals surface area contributed by atoms with Crippen LogP contribution in [0, 0.1) is 0 Å². The van der Waals surface area contributed by atoms with Gasteiger partial charge in [-0.1, -0.05) is 18.6 Å². The quantitative estimate of drug-likeness (QED) is 0.459. The van der Waals surface area contributed by atoms with Crippen LogP contribution in [0.15, 0.2) is 35.7 Å². The largest absolute Gasteiger partial charge is 0.330 e. The molecule has 0 aliphatic heterocycles. The molecule has 3 N–H and O–H groups in total. The van der Waals surface area contributed by atoms with Crippen LogP contribution in [0.4, 0.5) is 0 Å². The zero-order chi connectivity index (χ0) is 14.9. The van der Waals surface area contributed by atoms with Crippen molar-refractivity contribution in [2.24, 2.45) is 10.8 Å². The summed E-state index contributed by atoms with van der Waals surface area (Å²) in [6, 6.07) is 5.65. The minimum absolute atomic E-state index is 0.0883. The van der Waals surface area contributed by atoms with Gasteiger partial charge in [-0.2, -0.15) is 5.10 Å². The van der Waals surface area contributed by atoms with Crippen LogP contribution in [-0.2, 0) is 4.79 Å². The number of unbranched alkanes of at least 4 members (excludes halogenated alkanes) is 2. The number of benzene rings is 1. The minimum Gasteiger partial charge on any atom is -0.330 e. The van der Waals surface area contributed by atoms with Crippen molar-refractivity contribution in [3.05, 3.63) is 36.2 Å². The number of nitrogens with two attached hydrogens (primary N) is 1. The Bertz CT molecular complexity index is 621. The number of carbonyl (C=O) groups is 1. The lowest BCUT2D eigenvalue weighted by Crippen LogP contribution is -2.17. The molecule has 6 nitrogen and oxygen atoms in total. The lowest BCUT2D eigenvalue weighted by atomic mass is 10.2. The van der Waals surface area contributed by atoms with Crippen LogP contribution in [0.3, 0.4) is 0 Å². The SMILES string of the molecule is NCCCCCC(=O)NN=Cc1cccc2nccnc12. The predicted molar refractivity (Wildman–Crippen MR) is 82.8 cm³/mol. The summed E-state index contributed by atoms with van der Waals surface area (Å²) in [5.41, 5.74) is 10.3. The molecule has 2 rings (SSSR count). The van der Waals surface area contributed by atoms with E-state index in [4.69, 9.17) is 5.73 Å². The first kappa shape index (κ1) is 15.1. The highest BCUT2D eigenvalue weighted by molar-refractivity contribution is 5.96. The molecule has 1 heterocycles. The Morgan fingerprint density at radius 1 is 1.24 bits per heavy atom. The summed E-state index contributed by atoms with van der Waals surface area (Å²) in [6.45, 7) is 0.669. The average molecular weight is 285 g/mol. The highest BCUT2D eigenvalue weighted by atomic mass is 16.2. The number of nitrogens with zero attached hydrogens (tertiary/aromatic N) is 3. The molecule has 6 heteroatoms. The first-order valence-electron chi connectivity index (χ1n) is 7.03. The lowest BCUT2D eigenvalue weighted by Gasteiger charge is -2.01. The highest BCUT2D eigenvalue weighted by Crippen LogP contribution is 2.11. The minimum atomic E-state index is -0.0883. The van der Waals surface area contributed by atoms with Crippen molar-refractivity contribution >= 4 is 23.2 Å². The third-order valence-corrected chi connectivity index (χ3v) is 3.03. The summed E-state index contributed by atoms with van der Waals surface area (Å²) >= 11 is 0. The van der Waals surface area contributed by atoms with Gasteiger partial charge in [0, 0.05) is 24.4 Å². The average Bonchev–Trinajstić information content (AvgIpc) is 2.52. The molecule has 0 saturated heterocycles. The van der Waals surface area contributed by atoms with Crippen LogP contribution in [0.25, 0.3) is 11.0 Å². The molecule has 0 spiro atoms. The fraction of sp³-hybridized carbons (Fsp3) is 0.333. The first-order chi connectivity index (χ1) is 10.3. The molecule has 1 amide bonds. The molecule has 21 heavy (non-hydrogen) atoms. The number of hydrogen-bond acceptors (Lipinski definition) is 5. The molecular weight excluding hydrogens is 266 g/mol. The third-order valence-electron chi connectivity index (χ3n) is 3.03. The van der Waals surface area contributed by atoms with Gasteiger partial charge in [0.05, 0.1) is 17.2 Å². The van der Waals surface area contributed by atoms with Crippen molar-refractivity contribution in [2.75, 3.05) is 6.54 Å². The van der Waals surface area contributed by atoms with E-state index in [1.807, 2.05) is 18.2 Å². The monoisotopic (exact) mass is 285 g/mol. The zero-order valence-electron chi connectivity index (χ0n) is 11.8. The molecule has 0 bridgehead atoms. The van der Waals surface area contributed by atoms with E-state index in [9.17, 15) is 4.79 Å². The molecule has 110 valence electrons. The van der Waals surface area contributed by atoms with Gasteiger partial charge in [-0.15, -0.1) is 0 Å². The molecule has 1 aromatic carbocycles. The zero-order valence-corrected chi connectivity index (χ0v) is 11.8. The van der Waals surface area contributed by atoms with E-state index in [0.717, 1.165) is 35.9 Å². The fourth-order valence-corrected chi connectivity index (χ4v) is 1.96. The van der Waals surface area contributed by atoms with Gasteiger partial charge in [0.25, 0.3) is 0 Å². The van der Waals surface area contributed by atoms with E-state index in [-0.39, 0.29) is 5.91 Å². The highest BCUT2D eigenvalue weighted by Gasteiger charge is 2.01. The summed E-state index contributed by atoms with van der Waals surface area (Å²) in [4.78, 5) is 20.1. The number of rotatable bonds is 7. The molecule has 0 aliphatic rings. The van der Waals surface area contributed by atoms with Crippen molar-refractivity contribution in [3.8, 4) is 0 Å². The number of hydrazone groups is 1. The number of nitrogens with one attached hydrogen (secondary N) is 1. The number of para-hydroxylation sites is 1. The van der Waals surface area contributed by atoms with Crippen molar-refractivity contribution < 1.29 is 4.79 Å². The standard InChI is InChI=1S/C15H19N5O/c16-8-3-1-2-7-14(21)20-19-11-12-5-4-6-13-15(12)18-10-9-17-13/h4-6,9-11H,1-3,7-8,16H2,(H,20,21). The van der Waals surface area contributed by atoms with Gasteiger partial charge in [0.1, 0.15) is 0 Å². The predicted octanol–water partition coefficient (Wildman–Crippen LogP) is 1.60. The maximum absolute atomic E-state index is 11.6. The smallest absolute Gasteiger partial charge is 0.240 e. The maximum atomic E-state index is 11.6. The molecule has 0 fully saturated rings. The van der Waals surface area contributed by atoms with Crippen LogP contribution in [0.5, 0.6) is 0 Å². The van der Waals surface area contributed by atoms with Gasteiger partial charge < -0.3 is 5.73 Å². The Kier molecular flexibility index (Phi) is 5.78. The van der Waals surface area contributed by atoms with Crippen molar-refractivity contribution in [3.63, 3.8) is 0 Å². The molecule has 0 unspecified atom stereocenters. The van der Waals surface area contributed by atoms with E-state index >= 15 is 0 Å². The van der Waals surface area contributed by atoms with Gasteiger partial charge >= 0.3 is 0 Å². The number of aromatic nitrogens is 2. The molecule has 0 aliphatic carbocycles. The number of fused-ring (bicyclic) bond motifs is 1. The van der Waals surface area contributed by atoms with Gasteiger partial charge in [-0.05, 0) is 25.5 Å². The summed E-state index contributed by atoms with van der Waals surface area (Å²) in [7, 11) is 0. The van der Waals surface area contributed by atoms with Gasteiger partial charge in [-0.25, -0.2) is 5.43 Å².